The topological polar surface area (TPSA) is 43.7 Å². The van der Waals surface area contributed by atoms with Crippen LogP contribution in [0.15, 0.2) is 42.5 Å². The monoisotopic (exact) mass is 273 g/mol. The molecule has 0 unspecified atom stereocenters. The second kappa shape index (κ2) is 6.07. The summed E-state index contributed by atoms with van der Waals surface area (Å²) in [7, 11) is 0.260. The first kappa shape index (κ1) is 14.6. The van der Waals surface area contributed by atoms with E-state index in [1.165, 1.54) is 6.07 Å². The smallest absolute Gasteiger partial charge is 0.423 e. The van der Waals surface area contributed by atoms with Crippen LogP contribution in [0.2, 0.25) is 0 Å². The van der Waals surface area contributed by atoms with E-state index in [9.17, 15) is 4.39 Å². The number of halogens is 1. The SMILES string of the molecule is Cc1ccccc1N(C)Cc1cc(F)cc(B(O)O)c1. The van der Waals surface area contributed by atoms with Gasteiger partial charge in [-0.05, 0) is 41.7 Å². The molecule has 3 nitrogen and oxygen atoms in total. The molecule has 5 heteroatoms. The van der Waals surface area contributed by atoms with Crippen LogP contribution in [0.3, 0.4) is 0 Å². The van der Waals surface area contributed by atoms with Gasteiger partial charge >= 0.3 is 7.12 Å². The number of benzene rings is 2. The van der Waals surface area contributed by atoms with Gasteiger partial charge in [0.2, 0.25) is 0 Å². The van der Waals surface area contributed by atoms with Crippen molar-refractivity contribution in [2.24, 2.45) is 0 Å². The third kappa shape index (κ3) is 3.38. The van der Waals surface area contributed by atoms with E-state index in [4.69, 9.17) is 10.0 Å². The van der Waals surface area contributed by atoms with Crippen LogP contribution in [0.4, 0.5) is 10.1 Å². The van der Waals surface area contributed by atoms with Crippen molar-refractivity contribution in [2.75, 3.05) is 11.9 Å². The van der Waals surface area contributed by atoms with Crippen molar-refractivity contribution in [2.45, 2.75) is 13.5 Å². The molecule has 2 N–H and O–H groups in total. The molecule has 104 valence electrons. The van der Waals surface area contributed by atoms with Crippen molar-refractivity contribution in [1.82, 2.24) is 0 Å². The molecule has 0 atom stereocenters. The third-order valence-electron chi connectivity index (χ3n) is 3.22. The lowest BCUT2D eigenvalue weighted by Crippen LogP contribution is -2.31. The first-order valence-electron chi connectivity index (χ1n) is 6.39. The average molecular weight is 273 g/mol. The Bertz CT molecular complexity index is 604. The first-order chi connectivity index (χ1) is 9.47. The lowest BCUT2D eigenvalue weighted by Gasteiger charge is -2.22. The van der Waals surface area contributed by atoms with Gasteiger partial charge < -0.3 is 14.9 Å². The number of nitrogens with zero attached hydrogens (tertiary/aromatic N) is 1. The fraction of sp³-hybridized carbons (Fsp3) is 0.200. The molecule has 2 rings (SSSR count). The molecule has 0 fully saturated rings. The van der Waals surface area contributed by atoms with E-state index in [-0.39, 0.29) is 5.46 Å². The molecule has 20 heavy (non-hydrogen) atoms. The largest absolute Gasteiger partial charge is 0.488 e. The minimum absolute atomic E-state index is 0.165. The summed E-state index contributed by atoms with van der Waals surface area (Å²) in [6.07, 6.45) is 0. The van der Waals surface area contributed by atoms with Crippen molar-refractivity contribution < 1.29 is 14.4 Å². The van der Waals surface area contributed by atoms with Crippen molar-refractivity contribution in [3.63, 3.8) is 0 Å². The Morgan fingerprint density at radius 1 is 1.15 bits per heavy atom. The normalized spacial score (nSPS) is 10.4. The molecule has 0 radical (unpaired) electrons. The Kier molecular flexibility index (Phi) is 4.42. The average Bonchev–Trinajstić information content (AvgIpc) is 2.38. The number of hydrogen-bond donors (Lipinski definition) is 2. The summed E-state index contributed by atoms with van der Waals surface area (Å²) in [5.41, 5.74) is 3.05. The predicted octanol–water partition coefficient (Wildman–Crippen LogP) is 1.45. The standard InChI is InChI=1S/C15H17BFNO2/c1-11-5-3-4-6-15(11)18(2)10-12-7-13(16(19)20)9-14(17)8-12/h3-9,19-20H,10H2,1-2H3. The summed E-state index contributed by atoms with van der Waals surface area (Å²) in [4.78, 5) is 2.00. The minimum Gasteiger partial charge on any atom is -0.423 e. The summed E-state index contributed by atoms with van der Waals surface area (Å²) in [5.74, 6) is -0.469. The molecule has 0 aromatic heterocycles. The van der Waals surface area contributed by atoms with Gasteiger partial charge in [-0.15, -0.1) is 0 Å². The van der Waals surface area contributed by atoms with Crippen molar-refractivity contribution in [1.29, 1.82) is 0 Å². The zero-order valence-electron chi connectivity index (χ0n) is 11.5. The summed E-state index contributed by atoms with van der Waals surface area (Å²) in [6, 6.07) is 12.1. The van der Waals surface area contributed by atoms with Gasteiger partial charge in [-0.1, -0.05) is 24.3 Å². The fourth-order valence-electron chi connectivity index (χ4n) is 2.27. The van der Waals surface area contributed by atoms with Crippen LogP contribution >= 0.6 is 0 Å². The van der Waals surface area contributed by atoms with E-state index >= 15 is 0 Å². The van der Waals surface area contributed by atoms with Crippen molar-refractivity contribution in [3.05, 3.63) is 59.4 Å². The Hall–Kier alpha value is -1.85. The first-order valence-corrected chi connectivity index (χ1v) is 6.39. The van der Waals surface area contributed by atoms with Crippen LogP contribution in [-0.4, -0.2) is 24.2 Å². The minimum atomic E-state index is -1.66. The molecule has 2 aromatic carbocycles. The maximum Gasteiger partial charge on any atom is 0.488 e. The Balaban J connectivity index is 2.24. The molecule has 0 spiro atoms. The van der Waals surface area contributed by atoms with E-state index in [2.05, 4.69) is 0 Å². The molecule has 2 aromatic rings. The molecule has 0 amide bonds. The van der Waals surface area contributed by atoms with E-state index in [0.717, 1.165) is 17.3 Å². The quantitative estimate of drug-likeness (QED) is 0.829. The highest BCUT2D eigenvalue weighted by Gasteiger charge is 2.14. The zero-order chi connectivity index (χ0) is 14.7. The van der Waals surface area contributed by atoms with Gasteiger partial charge in [0.1, 0.15) is 5.82 Å². The maximum atomic E-state index is 13.5. The number of hydrogen-bond acceptors (Lipinski definition) is 3. The number of anilines is 1. The molecule has 0 saturated heterocycles. The van der Waals surface area contributed by atoms with E-state index in [1.54, 1.807) is 6.07 Å². The van der Waals surface area contributed by atoms with E-state index < -0.39 is 12.9 Å². The second-order valence-electron chi connectivity index (χ2n) is 4.91. The molecule has 0 saturated carbocycles. The van der Waals surface area contributed by atoms with Gasteiger partial charge in [-0.3, -0.25) is 0 Å². The summed E-state index contributed by atoms with van der Waals surface area (Å²) in [6.45, 7) is 2.50. The van der Waals surface area contributed by atoms with Crippen LogP contribution in [0.1, 0.15) is 11.1 Å². The predicted molar refractivity (Wildman–Crippen MR) is 79.5 cm³/mol. The van der Waals surface area contributed by atoms with Gasteiger partial charge in [0.15, 0.2) is 0 Å². The third-order valence-corrected chi connectivity index (χ3v) is 3.22. The Morgan fingerprint density at radius 2 is 1.85 bits per heavy atom. The number of rotatable bonds is 4. The molecule has 0 bridgehead atoms. The van der Waals surface area contributed by atoms with Gasteiger partial charge in [0.25, 0.3) is 0 Å². The zero-order valence-corrected chi connectivity index (χ0v) is 11.5. The summed E-state index contributed by atoms with van der Waals surface area (Å²) < 4.78 is 13.5. The fourth-order valence-corrected chi connectivity index (χ4v) is 2.27. The lowest BCUT2D eigenvalue weighted by molar-refractivity contribution is 0.425. The van der Waals surface area contributed by atoms with Gasteiger partial charge in [0, 0.05) is 19.3 Å². The molecular formula is C15H17BFNO2. The van der Waals surface area contributed by atoms with Gasteiger partial charge in [0.05, 0.1) is 0 Å². The molecule has 0 aliphatic heterocycles. The van der Waals surface area contributed by atoms with Crippen molar-refractivity contribution in [3.8, 4) is 0 Å². The second-order valence-corrected chi connectivity index (χ2v) is 4.91. The molecule has 0 aliphatic carbocycles. The lowest BCUT2D eigenvalue weighted by atomic mass is 9.79. The molecule has 0 heterocycles. The van der Waals surface area contributed by atoms with Crippen LogP contribution in [0.25, 0.3) is 0 Å². The van der Waals surface area contributed by atoms with Gasteiger partial charge in [-0.2, -0.15) is 0 Å². The van der Waals surface area contributed by atoms with Crippen LogP contribution in [0, 0.1) is 12.7 Å². The highest BCUT2D eigenvalue weighted by atomic mass is 19.1. The Morgan fingerprint density at radius 3 is 2.50 bits per heavy atom. The summed E-state index contributed by atoms with van der Waals surface area (Å²) in [5, 5.41) is 18.3. The van der Waals surface area contributed by atoms with E-state index in [0.29, 0.717) is 12.1 Å². The highest BCUT2D eigenvalue weighted by Crippen LogP contribution is 2.19. The summed E-state index contributed by atoms with van der Waals surface area (Å²) >= 11 is 0. The maximum absolute atomic E-state index is 13.5. The van der Waals surface area contributed by atoms with E-state index in [1.807, 2.05) is 43.1 Å². The Labute approximate surface area is 118 Å². The molecular weight excluding hydrogens is 256 g/mol. The molecule has 0 aliphatic rings. The van der Waals surface area contributed by atoms with Crippen LogP contribution < -0.4 is 10.4 Å². The van der Waals surface area contributed by atoms with Crippen molar-refractivity contribution >= 4 is 18.3 Å². The van der Waals surface area contributed by atoms with Crippen LogP contribution in [0.5, 0.6) is 0 Å². The van der Waals surface area contributed by atoms with Gasteiger partial charge in [-0.25, -0.2) is 4.39 Å². The highest BCUT2D eigenvalue weighted by molar-refractivity contribution is 6.58. The number of aryl methyl sites for hydroxylation is 1. The number of para-hydroxylation sites is 1. The van der Waals surface area contributed by atoms with Crippen LogP contribution in [-0.2, 0) is 6.54 Å².